The van der Waals surface area contributed by atoms with E-state index in [1.807, 2.05) is 13.0 Å². The van der Waals surface area contributed by atoms with E-state index in [1.165, 1.54) is 0 Å². The predicted octanol–water partition coefficient (Wildman–Crippen LogP) is 3.86. The fourth-order valence-electron chi connectivity index (χ4n) is 2.22. The van der Waals surface area contributed by atoms with Gasteiger partial charge in [0, 0.05) is 22.2 Å². The van der Waals surface area contributed by atoms with Crippen molar-refractivity contribution in [3.8, 4) is 6.07 Å². The average molecular weight is 275 g/mol. The van der Waals surface area contributed by atoms with E-state index in [0.717, 1.165) is 11.8 Å². The second-order valence-corrected chi connectivity index (χ2v) is 4.91. The van der Waals surface area contributed by atoms with Gasteiger partial charge in [0.15, 0.2) is 0 Å². The molecule has 1 aromatic carbocycles. The molecule has 0 aliphatic rings. The number of aliphatic hydroxyl groups excluding tert-OH is 1. The second kappa shape index (κ2) is 6.01. The number of nitrogens with zero attached hydrogens (tertiary/aromatic N) is 2. The number of rotatable bonds is 4. The summed E-state index contributed by atoms with van der Waals surface area (Å²) in [6.07, 6.45) is 2.35. The summed E-state index contributed by atoms with van der Waals surface area (Å²) >= 11 is 6.12. The van der Waals surface area contributed by atoms with Crippen molar-refractivity contribution in [2.24, 2.45) is 5.92 Å². The van der Waals surface area contributed by atoms with E-state index in [9.17, 15) is 5.11 Å². The molecule has 1 aromatic heterocycles. The van der Waals surface area contributed by atoms with Gasteiger partial charge >= 0.3 is 0 Å². The van der Waals surface area contributed by atoms with Crippen LogP contribution in [0.5, 0.6) is 0 Å². The Labute approximate surface area is 117 Å². The number of hydrogen-bond donors (Lipinski definition) is 1. The average Bonchev–Trinajstić information content (AvgIpc) is 2.45. The van der Waals surface area contributed by atoms with Crippen molar-refractivity contribution in [1.82, 2.24) is 4.98 Å². The van der Waals surface area contributed by atoms with Crippen LogP contribution in [0, 0.1) is 17.2 Å². The van der Waals surface area contributed by atoms with Crippen LogP contribution in [0.4, 0.5) is 0 Å². The van der Waals surface area contributed by atoms with Crippen molar-refractivity contribution in [1.29, 1.82) is 5.26 Å². The molecule has 19 heavy (non-hydrogen) atoms. The number of pyridine rings is 1. The normalized spacial score (nSPS) is 14.0. The van der Waals surface area contributed by atoms with E-state index in [2.05, 4.69) is 11.1 Å². The van der Waals surface area contributed by atoms with Crippen LogP contribution in [-0.2, 0) is 0 Å². The molecule has 0 aliphatic heterocycles. The first kappa shape index (κ1) is 13.8. The number of halogens is 1. The molecule has 0 saturated heterocycles. The molecular formula is C15H15ClN2O. The van der Waals surface area contributed by atoms with Gasteiger partial charge in [0.25, 0.3) is 0 Å². The summed E-state index contributed by atoms with van der Waals surface area (Å²) in [7, 11) is 0. The quantitative estimate of drug-likeness (QED) is 0.921. The first-order chi connectivity index (χ1) is 9.19. The molecule has 0 fully saturated rings. The number of fused-ring (bicyclic) bond motifs is 1. The van der Waals surface area contributed by atoms with Crippen LogP contribution in [0.25, 0.3) is 10.9 Å². The van der Waals surface area contributed by atoms with Crippen molar-refractivity contribution in [2.75, 3.05) is 0 Å². The number of nitriles is 1. The molecule has 2 unspecified atom stereocenters. The third-order valence-electron chi connectivity index (χ3n) is 3.21. The Morgan fingerprint density at radius 3 is 2.89 bits per heavy atom. The van der Waals surface area contributed by atoms with Crippen LogP contribution < -0.4 is 0 Å². The van der Waals surface area contributed by atoms with E-state index in [-0.39, 0.29) is 0 Å². The minimum Gasteiger partial charge on any atom is -0.387 e. The van der Waals surface area contributed by atoms with E-state index in [0.29, 0.717) is 22.5 Å². The minimum atomic E-state index is -0.834. The lowest BCUT2D eigenvalue weighted by Gasteiger charge is -2.18. The Hall–Kier alpha value is -1.63. The molecule has 4 heteroatoms. The highest BCUT2D eigenvalue weighted by atomic mass is 35.5. The number of aliphatic hydroxyl groups is 1. The largest absolute Gasteiger partial charge is 0.387 e. The van der Waals surface area contributed by atoms with Crippen molar-refractivity contribution in [2.45, 2.75) is 25.9 Å². The van der Waals surface area contributed by atoms with Gasteiger partial charge in [-0.05, 0) is 24.6 Å². The third kappa shape index (κ3) is 2.70. The van der Waals surface area contributed by atoms with Crippen molar-refractivity contribution in [3.63, 3.8) is 0 Å². The predicted molar refractivity (Wildman–Crippen MR) is 75.7 cm³/mol. The smallest absolute Gasteiger partial charge is 0.0969 e. The molecule has 2 rings (SSSR count). The van der Waals surface area contributed by atoms with E-state index >= 15 is 0 Å². The molecule has 0 amide bonds. The Morgan fingerprint density at radius 1 is 1.42 bits per heavy atom. The lowest BCUT2D eigenvalue weighted by Crippen LogP contribution is -2.11. The summed E-state index contributed by atoms with van der Waals surface area (Å²) in [5.41, 5.74) is 1.33. The van der Waals surface area contributed by atoms with Crippen LogP contribution in [0.3, 0.4) is 0 Å². The van der Waals surface area contributed by atoms with Gasteiger partial charge in [-0.15, -0.1) is 0 Å². The Morgan fingerprint density at radius 2 is 2.21 bits per heavy atom. The molecular weight excluding hydrogens is 260 g/mol. The summed E-state index contributed by atoms with van der Waals surface area (Å²) in [5, 5.41) is 21.0. The highest BCUT2D eigenvalue weighted by Crippen LogP contribution is 2.32. The van der Waals surface area contributed by atoms with Crippen LogP contribution in [0.15, 0.2) is 30.5 Å². The zero-order valence-electron chi connectivity index (χ0n) is 10.7. The molecule has 0 spiro atoms. The molecule has 0 aliphatic carbocycles. The third-order valence-corrected chi connectivity index (χ3v) is 3.54. The molecule has 0 bridgehead atoms. The Bertz CT molecular complexity index is 621. The maximum atomic E-state index is 10.4. The number of benzene rings is 1. The van der Waals surface area contributed by atoms with Crippen molar-refractivity contribution < 1.29 is 5.11 Å². The highest BCUT2D eigenvalue weighted by Gasteiger charge is 2.22. The summed E-state index contributed by atoms with van der Waals surface area (Å²) in [6.45, 7) is 2.00. The standard InChI is InChI=1S/C15H15ClN2O/c1-2-4-10(9-17)15(19)12-6-7-13(16)11-5-3-8-18-14(11)12/h3,5-8,10,15,19H,2,4H2,1H3. The molecule has 2 aromatic rings. The Balaban J connectivity index is 2.51. The molecule has 0 saturated carbocycles. The molecule has 3 nitrogen and oxygen atoms in total. The highest BCUT2D eigenvalue weighted by molar-refractivity contribution is 6.35. The first-order valence-corrected chi connectivity index (χ1v) is 6.67. The van der Waals surface area contributed by atoms with Gasteiger partial charge in [-0.2, -0.15) is 5.26 Å². The minimum absolute atomic E-state index is 0.420. The van der Waals surface area contributed by atoms with Gasteiger partial charge in [0.1, 0.15) is 0 Å². The van der Waals surface area contributed by atoms with Gasteiger partial charge in [0.2, 0.25) is 0 Å². The van der Waals surface area contributed by atoms with Crippen LogP contribution in [0.2, 0.25) is 5.02 Å². The lowest BCUT2D eigenvalue weighted by molar-refractivity contribution is 0.131. The van der Waals surface area contributed by atoms with Crippen LogP contribution >= 0.6 is 11.6 Å². The molecule has 1 heterocycles. The zero-order valence-corrected chi connectivity index (χ0v) is 11.4. The van der Waals surface area contributed by atoms with Gasteiger partial charge in [-0.25, -0.2) is 0 Å². The SMILES string of the molecule is CCCC(C#N)C(O)c1ccc(Cl)c2cccnc12. The van der Waals surface area contributed by atoms with E-state index in [1.54, 1.807) is 24.4 Å². The lowest BCUT2D eigenvalue weighted by atomic mass is 9.91. The second-order valence-electron chi connectivity index (χ2n) is 4.51. The van der Waals surface area contributed by atoms with Crippen LogP contribution in [0.1, 0.15) is 31.4 Å². The molecule has 2 atom stereocenters. The fraction of sp³-hybridized carbons (Fsp3) is 0.333. The molecule has 0 radical (unpaired) electrons. The van der Waals surface area contributed by atoms with Gasteiger partial charge in [-0.3, -0.25) is 4.98 Å². The summed E-state index contributed by atoms with van der Waals surface area (Å²) in [5.74, 6) is -0.420. The molecule has 1 N–H and O–H groups in total. The van der Waals surface area contributed by atoms with Crippen molar-refractivity contribution in [3.05, 3.63) is 41.0 Å². The van der Waals surface area contributed by atoms with Crippen LogP contribution in [-0.4, -0.2) is 10.1 Å². The number of hydrogen-bond acceptors (Lipinski definition) is 3. The fourth-order valence-corrected chi connectivity index (χ4v) is 2.43. The number of aromatic nitrogens is 1. The zero-order chi connectivity index (χ0) is 13.8. The summed E-state index contributed by atoms with van der Waals surface area (Å²) in [6, 6.07) is 9.33. The van der Waals surface area contributed by atoms with Gasteiger partial charge in [-0.1, -0.05) is 31.0 Å². The van der Waals surface area contributed by atoms with Gasteiger partial charge in [0.05, 0.1) is 23.6 Å². The van der Waals surface area contributed by atoms with E-state index in [4.69, 9.17) is 16.9 Å². The first-order valence-electron chi connectivity index (χ1n) is 6.29. The monoisotopic (exact) mass is 274 g/mol. The maximum Gasteiger partial charge on any atom is 0.0969 e. The summed E-state index contributed by atoms with van der Waals surface area (Å²) < 4.78 is 0. The van der Waals surface area contributed by atoms with E-state index < -0.39 is 12.0 Å². The topological polar surface area (TPSA) is 56.9 Å². The maximum absolute atomic E-state index is 10.4. The van der Waals surface area contributed by atoms with Crippen molar-refractivity contribution >= 4 is 22.5 Å². The Kier molecular flexibility index (Phi) is 4.36. The molecule has 98 valence electrons. The van der Waals surface area contributed by atoms with Gasteiger partial charge < -0.3 is 5.11 Å². The summed E-state index contributed by atoms with van der Waals surface area (Å²) in [4.78, 5) is 4.29.